The minimum absolute atomic E-state index is 0.558. The van der Waals surface area contributed by atoms with Gasteiger partial charge in [0.25, 0.3) is 0 Å². The average Bonchev–Trinajstić information content (AvgIpc) is 2.71. The number of aromatic amines is 1. The molecule has 2 heterocycles. The molecule has 0 saturated carbocycles. The van der Waals surface area contributed by atoms with Crippen molar-refractivity contribution < 1.29 is 0 Å². The molecule has 2 aromatic rings. The second-order valence-corrected chi connectivity index (χ2v) is 2.57. The first-order chi connectivity index (χ1) is 6.40. The molecule has 0 aliphatic carbocycles. The SMILES string of the molecule is [CH2]Cc1cncc(-c2nn[nH]n2)c1. The highest BCUT2D eigenvalue weighted by Gasteiger charge is 2.02. The number of rotatable bonds is 2. The Morgan fingerprint density at radius 3 is 3.00 bits per heavy atom. The molecule has 0 bridgehead atoms. The van der Waals surface area contributed by atoms with Crippen LogP contribution in [0.25, 0.3) is 11.4 Å². The van der Waals surface area contributed by atoms with Crippen molar-refractivity contribution in [1.82, 2.24) is 25.6 Å². The first-order valence-corrected chi connectivity index (χ1v) is 3.87. The van der Waals surface area contributed by atoms with Gasteiger partial charge < -0.3 is 0 Å². The zero-order chi connectivity index (χ0) is 9.10. The highest BCUT2D eigenvalue weighted by atomic mass is 15.5. The molecule has 2 aromatic heterocycles. The first-order valence-electron chi connectivity index (χ1n) is 3.87. The topological polar surface area (TPSA) is 67.3 Å². The van der Waals surface area contributed by atoms with Gasteiger partial charge in [0.15, 0.2) is 0 Å². The number of H-pyrrole nitrogens is 1. The van der Waals surface area contributed by atoms with Crippen molar-refractivity contribution in [3.63, 3.8) is 0 Å². The van der Waals surface area contributed by atoms with Crippen LogP contribution in [-0.4, -0.2) is 25.6 Å². The summed E-state index contributed by atoms with van der Waals surface area (Å²) in [5.74, 6) is 0.558. The van der Waals surface area contributed by atoms with Gasteiger partial charge in [-0.3, -0.25) is 4.98 Å². The standard InChI is InChI=1S/C8H8N5/c1-2-6-3-7(5-9-4-6)8-10-12-13-11-8/h3-5H,1-2H2,(H,10,11,12,13). The summed E-state index contributed by atoms with van der Waals surface area (Å²) in [6.07, 6.45) is 4.18. The van der Waals surface area contributed by atoms with Crippen LogP contribution in [-0.2, 0) is 6.42 Å². The molecule has 0 saturated heterocycles. The monoisotopic (exact) mass is 174 g/mol. The van der Waals surface area contributed by atoms with E-state index in [1.807, 2.05) is 6.07 Å². The number of hydrogen-bond acceptors (Lipinski definition) is 4. The van der Waals surface area contributed by atoms with Gasteiger partial charge >= 0.3 is 0 Å². The summed E-state index contributed by atoms with van der Waals surface area (Å²) < 4.78 is 0. The van der Waals surface area contributed by atoms with Crippen LogP contribution < -0.4 is 0 Å². The Hall–Kier alpha value is -1.78. The molecule has 0 aromatic carbocycles. The van der Waals surface area contributed by atoms with E-state index >= 15 is 0 Å². The van der Waals surface area contributed by atoms with Gasteiger partial charge in [0.1, 0.15) is 0 Å². The maximum absolute atomic E-state index is 4.05. The largest absolute Gasteiger partial charge is 0.264 e. The maximum Gasteiger partial charge on any atom is 0.206 e. The lowest BCUT2D eigenvalue weighted by molar-refractivity contribution is 0.881. The molecule has 5 heteroatoms. The van der Waals surface area contributed by atoms with Crippen molar-refractivity contribution in [1.29, 1.82) is 0 Å². The van der Waals surface area contributed by atoms with E-state index in [-0.39, 0.29) is 0 Å². The van der Waals surface area contributed by atoms with Crippen LogP contribution in [0.1, 0.15) is 5.56 Å². The van der Waals surface area contributed by atoms with Gasteiger partial charge in [0, 0.05) is 18.0 Å². The molecule has 0 atom stereocenters. The lowest BCUT2D eigenvalue weighted by Crippen LogP contribution is -1.87. The Morgan fingerprint density at radius 1 is 1.38 bits per heavy atom. The summed E-state index contributed by atoms with van der Waals surface area (Å²) in [4.78, 5) is 4.05. The summed E-state index contributed by atoms with van der Waals surface area (Å²) in [6.45, 7) is 3.77. The third-order valence-corrected chi connectivity index (χ3v) is 1.69. The van der Waals surface area contributed by atoms with Crippen molar-refractivity contribution in [3.8, 4) is 11.4 Å². The van der Waals surface area contributed by atoms with Gasteiger partial charge in [-0.1, -0.05) is 0 Å². The van der Waals surface area contributed by atoms with E-state index in [2.05, 4.69) is 32.5 Å². The predicted molar refractivity (Wildman–Crippen MR) is 46.5 cm³/mol. The third kappa shape index (κ3) is 1.53. The van der Waals surface area contributed by atoms with E-state index in [1.54, 1.807) is 12.4 Å². The van der Waals surface area contributed by atoms with Crippen LogP contribution in [0.5, 0.6) is 0 Å². The van der Waals surface area contributed by atoms with E-state index in [4.69, 9.17) is 0 Å². The van der Waals surface area contributed by atoms with Crippen molar-refractivity contribution in [2.45, 2.75) is 6.42 Å². The average molecular weight is 174 g/mol. The fourth-order valence-electron chi connectivity index (χ4n) is 1.03. The zero-order valence-corrected chi connectivity index (χ0v) is 6.94. The normalized spacial score (nSPS) is 10.2. The Bertz CT molecular complexity index is 381. The number of hydrogen-bond donors (Lipinski definition) is 1. The molecule has 2 rings (SSSR count). The van der Waals surface area contributed by atoms with E-state index in [0.29, 0.717) is 12.2 Å². The highest BCUT2D eigenvalue weighted by Crippen LogP contribution is 2.12. The summed E-state index contributed by atoms with van der Waals surface area (Å²) in [6, 6.07) is 1.95. The molecule has 0 aliphatic heterocycles. The molecule has 1 N–H and O–H groups in total. The molecule has 65 valence electrons. The minimum Gasteiger partial charge on any atom is -0.264 e. The van der Waals surface area contributed by atoms with Crippen molar-refractivity contribution >= 4 is 0 Å². The molecular weight excluding hydrogens is 166 g/mol. The van der Waals surface area contributed by atoms with Crippen LogP contribution in [0.4, 0.5) is 0 Å². The van der Waals surface area contributed by atoms with Gasteiger partial charge in [0.05, 0.1) is 0 Å². The van der Waals surface area contributed by atoms with Gasteiger partial charge in [-0.15, -0.1) is 10.2 Å². The molecule has 5 nitrogen and oxygen atoms in total. The van der Waals surface area contributed by atoms with Crippen molar-refractivity contribution in [2.75, 3.05) is 0 Å². The molecule has 13 heavy (non-hydrogen) atoms. The lowest BCUT2D eigenvalue weighted by atomic mass is 10.1. The van der Waals surface area contributed by atoms with E-state index < -0.39 is 0 Å². The molecule has 0 fully saturated rings. The Morgan fingerprint density at radius 2 is 2.31 bits per heavy atom. The summed E-state index contributed by atoms with van der Waals surface area (Å²) >= 11 is 0. The molecule has 0 spiro atoms. The van der Waals surface area contributed by atoms with Gasteiger partial charge in [0.2, 0.25) is 5.82 Å². The second kappa shape index (κ2) is 3.30. The molecule has 0 unspecified atom stereocenters. The lowest BCUT2D eigenvalue weighted by Gasteiger charge is -1.96. The Kier molecular flexibility index (Phi) is 1.99. The number of tetrazole rings is 1. The van der Waals surface area contributed by atoms with Crippen molar-refractivity contribution in [2.24, 2.45) is 0 Å². The van der Waals surface area contributed by atoms with Gasteiger partial charge in [-0.2, -0.15) is 5.21 Å². The maximum atomic E-state index is 4.05. The van der Waals surface area contributed by atoms with E-state index in [1.165, 1.54) is 0 Å². The number of aromatic nitrogens is 5. The quantitative estimate of drug-likeness (QED) is 0.725. The Balaban J connectivity index is 2.41. The number of nitrogens with one attached hydrogen (secondary N) is 1. The zero-order valence-electron chi connectivity index (χ0n) is 6.94. The Labute approximate surface area is 75.2 Å². The fourth-order valence-corrected chi connectivity index (χ4v) is 1.03. The highest BCUT2D eigenvalue weighted by molar-refractivity contribution is 5.52. The van der Waals surface area contributed by atoms with Crippen LogP contribution in [0.2, 0.25) is 0 Å². The second-order valence-electron chi connectivity index (χ2n) is 2.57. The molecular formula is C8H8N5. The van der Waals surface area contributed by atoms with Crippen LogP contribution >= 0.6 is 0 Å². The predicted octanol–water partition coefficient (Wildman–Crippen LogP) is 0.638. The first kappa shape index (κ1) is 7.85. The van der Waals surface area contributed by atoms with E-state index in [9.17, 15) is 0 Å². The number of pyridine rings is 1. The van der Waals surface area contributed by atoms with Gasteiger partial charge in [-0.05, 0) is 30.2 Å². The smallest absolute Gasteiger partial charge is 0.206 e. The fraction of sp³-hybridized carbons (Fsp3) is 0.125. The van der Waals surface area contributed by atoms with Crippen LogP contribution in [0, 0.1) is 6.92 Å². The summed E-state index contributed by atoms with van der Waals surface area (Å²) in [5, 5.41) is 13.6. The minimum atomic E-state index is 0.558. The third-order valence-electron chi connectivity index (χ3n) is 1.69. The number of nitrogens with zero attached hydrogens (tertiary/aromatic N) is 4. The van der Waals surface area contributed by atoms with Crippen LogP contribution in [0.15, 0.2) is 18.5 Å². The summed E-state index contributed by atoms with van der Waals surface area (Å²) in [5.41, 5.74) is 1.91. The molecule has 0 aliphatic rings. The van der Waals surface area contributed by atoms with E-state index in [0.717, 1.165) is 11.1 Å². The molecule has 0 amide bonds. The van der Waals surface area contributed by atoms with Crippen LogP contribution in [0.3, 0.4) is 0 Å². The van der Waals surface area contributed by atoms with Gasteiger partial charge in [-0.25, -0.2) is 0 Å². The summed E-state index contributed by atoms with van der Waals surface area (Å²) in [7, 11) is 0. The molecule has 1 radical (unpaired) electrons. The van der Waals surface area contributed by atoms with Crippen molar-refractivity contribution in [3.05, 3.63) is 30.9 Å².